The van der Waals surface area contributed by atoms with E-state index < -0.39 is 17.9 Å². The Hall–Kier alpha value is -2.62. The Kier molecular flexibility index (Phi) is 5.31. The van der Waals surface area contributed by atoms with Crippen molar-refractivity contribution in [3.05, 3.63) is 71.3 Å². The molecule has 2 aromatic rings. The summed E-state index contributed by atoms with van der Waals surface area (Å²) in [5.74, 6) is -2.50. The Bertz CT molecular complexity index is 632. The number of aromatic carboxylic acids is 1. The second-order valence-corrected chi connectivity index (χ2v) is 5.20. The van der Waals surface area contributed by atoms with Crippen molar-refractivity contribution < 1.29 is 19.8 Å². The van der Waals surface area contributed by atoms with Crippen LogP contribution in [0.1, 0.15) is 40.2 Å². The number of aliphatic carboxylic acids is 1. The summed E-state index contributed by atoms with van der Waals surface area (Å²) < 4.78 is 0. The summed E-state index contributed by atoms with van der Waals surface area (Å²) in [6.07, 6.45) is 2.12. The molecule has 0 fully saturated rings. The zero-order chi connectivity index (χ0) is 15.9. The van der Waals surface area contributed by atoms with Crippen molar-refractivity contribution in [2.45, 2.75) is 25.2 Å². The predicted octanol–water partition coefficient (Wildman–Crippen LogP) is 3.58. The fraction of sp³-hybridized carbons (Fsp3) is 0.222. The van der Waals surface area contributed by atoms with E-state index in [2.05, 4.69) is 0 Å². The van der Waals surface area contributed by atoms with Gasteiger partial charge in [0.2, 0.25) is 0 Å². The summed E-state index contributed by atoms with van der Waals surface area (Å²) in [6, 6.07) is 16.0. The van der Waals surface area contributed by atoms with Gasteiger partial charge in [-0.3, -0.25) is 4.79 Å². The quantitative estimate of drug-likeness (QED) is 0.819. The third-order valence-corrected chi connectivity index (χ3v) is 3.66. The van der Waals surface area contributed by atoms with Gasteiger partial charge in [0, 0.05) is 0 Å². The molecule has 0 heterocycles. The smallest absolute Gasteiger partial charge is 0.335 e. The molecule has 2 rings (SSSR count). The third kappa shape index (κ3) is 4.19. The standard InChI is InChI=1S/C18H18O4/c19-17(20)15-11-9-14(10-12-15)16(18(21)22)8-4-7-13-5-2-1-3-6-13/h1-3,5-6,9-12,16H,4,7-8H2,(H,19,20)(H,21,22). The number of benzene rings is 2. The molecule has 4 nitrogen and oxygen atoms in total. The van der Waals surface area contributed by atoms with Crippen molar-refractivity contribution in [2.24, 2.45) is 0 Å². The van der Waals surface area contributed by atoms with Crippen LogP contribution in [0.3, 0.4) is 0 Å². The topological polar surface area (TPSA) is 74.6 Å². The largest absolute Gasteiger partial charge is 0.481 e. The molecule has 0 saturated heterocycles. The van der Waals surface area contributed by atoms with Gasteiger partial charge in [0.25, 0.3) is 0 Å². The highest BCUT2D eigenvalue weighted by Crippen LogP contribution is 2.23. The van der Waals surface area contributed by atoms with Gasteiger partial charge in [-0.2, -0.15) is 0 Å². The van der Waals surface area contributed by atoms with Gasteiger partial charge < -0.3 is 10.2 Å². The zero-order valence-electron chi connectivity index (χ0n) is 12.1. The van der Waals surface area contributed by atoms with Crippen LogP contribution >= 0.6 is 0 Å². The summed E-state index contributed by atoms with van der Waals surface area (Å²) in [5.41, 5.74) is 2.00. The van der Waals surface area contributed by atoms with Crippen LogP contribution in [0, 0.1) is 0 Å². The summed E-state index contributed by atoms with van der Waals surface area (Å²) in [5, 5.41) is 18.3. The van der Waals surface area contributed by atoms with E-state index in [9.17, 15) is 14.7 Å². The van der Waals surface area contributed by atoms with Crippen molar-refractivity contribution in [3.63, 3.8) is 0 Å². The van der Waals surface area contributed by atoms with Crippen LogP contribution in [0.4, 0.5) is 0 Å². The molecule has 2 N–H and O–H groups in total. The van der Waals surface area contributed by atoms with Gasteiger partial charge in [-0.1, -0.05) is 42.5 Å². The number of carboxylic acid groups (broad SMARTS) is 2. The maximum absolute atomic E-state index is 11.4. The number of carbonyl (C=O) groups is 2. The second kappa shape index (κ2) is 7.41. The lowest BCUT2D eigenvalue weighted by molar-refractivity contribution is -0.139. The van der Waals surface area contributed by atoms with Crippen molar-refractivity contribution >= 4 is 11.9 Å². The molecule has 2 aromatic carbocycles. The van der Waals surface area contributed by atoms with E-state index in [1.54, 1.807) is 12.1 Å². The Balaban J connectivity index is 2.00. The van der Waals surface area contributed by atoms with Crippen LogP contribution in [0.2, 0.25) is 0 Å². The maximum Gasteiger partial charge on any atom is 0.335 e. The Morgan fingerprint density at radius 2 is 1.55 bits per heavy atom. The number of hydrogen-bond donors (Lipinski definition) is 2. The van der Waals surface area contributed by atoms with Gasteiger partial charge in [0.1, 0.15) is 0 Å². The van der Waals surface area contributed by atoms with Crippen LogP contribution in [0.5, 0.6) is 0 Å². The van der Waals surface area contributed by atoms with Crippen molar-refractivity contribution in [3.8, 4) is 0 Å². The maximum atomic E-state index is 11.4. The highest BCUT2D eigenvalue weighted by Gasteiger charge is 2.19. The molecule has 0 spiro atoms. The van der Waals surface area contributed by atoms with E-state index in [-0.39, 0.29) is 5.56 Å². The summed E-state index contributed by atoms with van der Waals surface area (Å²) >= 11 is 0. The first-order valence-electron chi connectivity index (χ1n) is 7.18. The van der Waals surface area contributed by atoms with E-state index in [1.807, 2.05) is 30.3 Å². The van der Waals surface area contributed by atoms with Gasteiger partial charge in [-0.25, -0.2) is 4.79 Å². The van der Waals surface area contributed by atoms with Gasteiger partial charge in [0.15, 0.2) is 0 Å². The summed E-state index contributed by atoms with van der Waals surface area (Å²) in [6.45, 7) is 0. The molecule has 0 amide bonds. The number of rotatable bonds is 7. The van der Waals surface area contributed by atoms with Crippen LogP contribution < -0.4 is 0 Å². The lowest BCUT2D eigenvalue weighted by Gasteiger charge is -2.13. The summed E-state index contributed by atoms with van der Waals surface area (Å²) in [7, 11) is 0. The predicted molar refractivity (Wildman–Crippen MR) is 83.2 cm³/mol. The van der Waals surface area contributed by atoms with Gasteiger partial charge in [0.05, 0.1) is 11.5 Å². The van der Waals surface area contributed by atoms with Gasteiger partial charge in [-0.15, -0.1) is 0 Å². The lowest BCUT2D eigenvalue weighted by atomic mass is 9.92. The van der Waals surface area contributed by atoms with E-state index >= 15 is 0 Å². The van der Waals surface area contributed by atoms with Crippen LogP contribution in [-0.4, -0.2) is 22.2 Å². The average molecular weight is 298 g/mol. The highest BCUT2D eigenvalue weighted by atomic mass is 16.4. The first-order chi connectivity index (χ1) is 10.6. The van der Waals surface area contributed by atoms with Gasteiger partial charge >= 0.3 is 11.9 Å². The first kappa shape index (κ1) is 15.8. The molecular formula is C18H18O4. The molecule has 4 heteroatoms. The minimum atomic E-state index is -1.01. The molecular weight excluding hydrogens is 280 g/mol. The highest BCUT2D eigenvalue weighted by molar-refractivity contribution is 5.87. The molecule has 22 heavy (non-hydrogen) atoms. The molecule has 0 radical (unpaired) electrons. The molecule has 0 saturated carbocycles. The van der Waals surface area contributed by atoms with Crippen LogP contribution in [0.15, 0.2) is 54.6 Å². The fourth-order valence-electron chi connectivity index (χ4n) is 2.45. The van der Waals surface area contributed by atoms with E-state index in [0.29, 0.717) is 12.0 Å². The van der Waals surface area contributed by atoms with E-state index in [0.717, 1.165) is 12.8 Å². The van der Waals surface area contributed by atoms with Crippen molar-refractivity contribution in [2.75, 3.05) is 0 Å². The Labute approximate surface area is 129 Å². The normalized spacial score (nSPS) is 11.8. The molecule has 0 aliphatic carbocycles. The molecule has 0 aromatic heterocycles. The minimum absolute atomic E-state index is 0.164. The molecule has 1 atom stereocenters. The second-order valence-electron chi connectivity index (χ2n) is 5.20. The van der Waals surface area contributed by atoms with Crippen molar-refractivity contribution in [1.29, 1.82) is 0 Å². The Morgan fingerprint density at radius 3 is 2.09 bits per heavy atom. The zero-order valence-corrected chi connectivity index (χ0v) is 12.1. The number of aryl methyl sites for hydroxylation is 1. The van der Waals surface area contributed by atoms with Crippen LogP contribution in [0.25, 0.3) is 0 Å². The SMILES string of the molecule is O=C(O)c1ccc(C(CCCc2ccccc2)C(=O)O)cc1. The Morgan fingerprint density at radius 1 is 0.909 bits per heavy atom. The molecule has 0 aliphatic rings. The van der Waals surface area contributed by atoms with E-state index in [1.165, 1.54) is 17.7 Å². The van der Waals surface area contributed by atoms with Crippen LogP contribution in [-0.2, 0) is 11.2 Å². The number of carboxylic acids is 2. The lowest BCUT2D eigenvalue weighted by Crippen LogP contribution is -2.12. The van der Waals surface area contributed by atoms with E-state index in [4.69, 9.17) is 5.11 Å². The molecule has 1 unspecified atom stereocenters. The van der Waals surface area contributed by atoms with Crippen molar-refractivity contribution in [1.82, 2.24) is 0 Å². The third-order valence-electron chi connectivity index (χ3n) is 3.66. The van der Waals surface area contributed by atoms with Gasteiger partial charge in [-0.05, 0) is 42.5 Å². The minimum Gasteiger partial charge on any atom is -0.481 e. The first-order valence-corrected chi connectivity index (χ1v) is 7.18. The summed E-state index contributed by atoms with van der Waals surface area (Å²) in [4.78, 5) is 22.3. The molecule has 114 valence electrons. The number of hydrogen-bond acceptors (Lipinski definition) is 2. The molecule has 0 bridgehead atoms. The fourth-order valence-corrected chi connectivity index (χ4v) is 2.45. The monoisotopic (exact) mass is 298 g/mol. The average Bonchev–Trinajstić information content (AvgIpc) is 2.52. The molecule has 0 aliphatic heterocycles.